The number of nitrogens with zero attached hydrogens (tertiary/aromatic N) is 2. The van der Waals surface area contributed by atoms with Crippen molar-refractivity contribution in [2.24, 2.45) is 0 Å². The predicted molar refractivity (Wildman–Crippen MR) is 120 cm³/mol. The van der Waals surface area contributed by atoms with Gasteiger partial charge in [-0.2, -0.15) is 5.01 Å². The van der Waals surface area contributed by atoms with Gasteiger partial charge in [-0.1, -0.05) is 29.4 Å². The van der Waals surface area contributed by atoms with Gasteiger partial charge in [-0.15, -0.1) is 0 Å². The van der Waals surface area contributed by atoms with Crippen LogP contribution in [-0.2, 0) is 4.79 Å². The molecular formula is C19H14ClN3O6S2. The first-order valence-corrected chi connectivity index (χ1v) is 10.1. The Morgan fingerprint density at radius 2 is 2.10 bits per heavy atom. The average molecular weight is 480 g/mol. The van der Waals surface area contributed by atoms with Crippen molar-refractivity contribution in [3.8, 4) is 11.5 Å². The van der Waals surface area contributed by atoms with E-state index in [1.54, 1.807) is 12.1 Å². The molecule has 12 heteroatoms. The number of benzene rings is 2. The van der Waals surface area contributed by atoms with Gasteiger partial charge in [0.25, 0.3) is 11.8 Å². The highest BCUT2D eigenvalue weighted by molar-refractivity contribution is 8.26. The number of ether oxygens (including phenoxy) is 1. The number of rotatable bonds is 5. The van der Waals surface area contributed by atoms with E-state index in [1.165, 1.54) is 25.3 Å². The Bertz CT molecular complexity index is 1170. The zero-order chi connectivity index (χ0) is 22.9. The van der Waals surface area contributed by atoms with Crippen LogP contribution in [0.4, 0.5) is 5.69 Å². The van der Waals surface area contributed by atoms with Gasteiger partial charge in [-0.05, 0) is 54.5 Å². The maximum absolute atomic E-state index is 12.8. The van der Waals surface area contributed by atoms with E-state index in [0.29, 0.717) is 0 Å². The summed E-state index contributed by atoms with van der Waals surface area (Å²) >= 11 is 12.2. The minimum absolute atomic E-state index is 0.0630. The van der Waals surface area contributed by atoms with Crippen LogP contribution in [-0.4, -0.2) is 38.3 Å². The largest absolute Gasteiger partial charge is 0.500 e. The van der Waals surface area contributed by atoms with Crippen LogP contribution in [0.5, 0.6) is 11.5 Å². The van der Waals surface area contributed by atoms with Crippen LogP contribution in [0.25, 0.3) is 6.08 Å². The Labute approximate surface area is 190 Å². The van der Waals surface area contributed by atoms with Crippen molar-refractivity contribution >= 4 is 63.5 Å². The number of phenolic OH excluding ortho intramolecular Hbond substituents is 1. The molecule has 31 heavy (non-hydrogen) atoms. The fraction of sp³-hybridized carbons (Fsp3) is 0.105. The molecule has 1 aliphatic rings. The topological polar surface area (TPSA) is 122 Å². The smallest absolute Gasteiger partial charge is 0.315 e. The molecule has 160 valence electrons. The Morgan fingerprint density at radius 3 is 2.71 bits per heavy atom. The molecule has 2 aromatic rings. The van der Waals surface area contributed by atoms with Crippen LogP contribution >= 0.6 is 35.6 Å². The molecule has 1 saturated heterocycles. The Hall–Kier alpha value is -3.15. The molecule has 0 radical (unpaired) electrons. The van der Waals surface area contributed by atoms with Gasteiger partial charge in [-0.25, -0.2) is 0 Å². The molecule has 1 fully saturated rings. The lowest BCUT2D eigenvalue weighted by atomic mass is 10.1. The number of amides is 2. The zero-order valence-corrected chi connectivity index (χ0v) is 18.4. The molecule has 9 nitrogen and oxygen atoms in total. The molecule has 0 aliphatic carbocycles. The Balaban J connectivity index is 1.88. The number of methoxy groups -OCH3 is 1. The first-order valence-electron chi connectivity index (χ1n) is 8.53. The number of thiocarbonyl (C=S) groups is 1. The number of thioether (sulfide) groups is 1. The van der Waals surface area contributed by atoms with E-state index in [1.807, 2.05) is 6.92 Å². The van der Waals surface area contributed by atoms with E-state index in [-0.39, 0.29) is 31.1 Å². The van der Waals surface area contributed by atoms with E-state index in [2.05, 4.69) is 5.43 Å². The minimum atomic E-state index is -0.772. The van der Waals surface area contributed by atoms with Crippen molar-refractivity contribution in [2.75, 3.05) is 7.11 Å². The monoisotopic (exact) mass is 479 g/mol. The summed E-state index contributed by atoms with van der Waals surface area (Å²) in [5, 5.41) is 22.2. The fourth-order valence-electron chi connectivity index (χ4n) is 2.67. The van der Waals surface area contributed by atoms with Crippen molar-refractivity contribution in [1.29, 1.82) is 0 Å². The molecule has 3 rings (SSSR count). The maximum atomic E-state index is 12.8. The molecule has 1 heterocycles. The van der Waals surface area contributed by atoms with Crippen LogP contribution in [0.1, 0.15) is 21.5 Å². The molecular weight excluding hydrogens is 466 g/mol. The van der Waals surface area contributed by atoms with Crippen molar-refractivity contribution in [2.45, 2.75) is 6.92 Å². The Morgan fingerprint density at radius 1 is 1.39 bits per heavy atom. The number of carbonyl (C=O) groups is 2. The molecule has 0 bridgehead atoms. The third-order valence-electron chi connectivity index (χ3n) is 4.17. The van der Waals surface area contributed by atoms with Gasteiger partial charge in [0.2, 0.25) is 5.75 Å². The number of aromatic hydroxyl groups is 1. The lowest BCUT2D eigenvalue weighted by Crippen LogP contribution is -2.44. The molecule has 2 N–H and O–H groups in total. The number of phenols is 1. The second-order valence-corrected chi connectivity index (χ2v) is 8.37. The average Bonchev–Trinajstić information content (AvgIpc) is 2.96. The van der Waals surface area contributed by atoms with E-state index in [0.717, 1.165) is 28.4 Å². The number of nitrogens with one attached hydrogen (secondary N) is 1. The number of hydrogen-bond acceptors (Lipinski definition) is 8. The van der Waals surface area contributed by atoms with Crippen LogP contribution < -0.4 is 10.2 Å². The van der Waals surface area contributed by atoms with Crippen molar-refractivity contribution < 1.29 is 24.4 Å². The second-order valence-electron chi connectivity index (χ2n) is 6.29. The van der Waals surface area contributed by atoms with Crippen LogP contribution in [0.2, 0.25) is 5.02 Å². The fourth-order valence-corrected chi connectivity index (χ4v) is 4.17. The molecule has 2 amide bonds. The van der Waals surface area contributed by atoms with Gasteiger partial charge >= 0.3 is 5.69 Å². The number of nitro benzene ring substituents is 1. The van der Waals surface area contributed by atoms with Gasteiger partial charge in [0.05, 0.1) is 27.5 Å². The number of hydrazine groups is 1. The summed E-state index contributed by atoms with van der Waals surface area (Å²) in [5.74, 6) is -2.00. The van der Waals surface area contributed by atoms with Gasteiger partial charge in [0.15, 0.2) is 10.1 Å². The molecule has 0 spiro atoms. The quantitative estimate of drug-likeness (QED) is 0.287. The zero-order valence-electron chi connectivity index (χ0n) is 16.0. The Kier molecular flexibility index (Phi) is 6.48. The number of aryl methyl sites for hydroxylation is 1. The van der Waals surface area contributed by atoms with Gasteiger partial charge < -0.3 is 9.84 Å². The highest BCUT2D eigenvalue weighted by Gasteiger charge is 2.34. The first kappa shape index (κ1) is 22.5. The molecule has 2 aromatic carbocycles. The molecule has 1 aliphatic heterocycles. The van der Waals surface area contributed by atoms with Crippen LogP contribution in [0, 0.1) is 17.0 Å². The van der Waals surface area contributed by atoms with Gasteiger partial charge in [-0.3, -0.25) is 25.1 Å². The molecule has 0 saturated carbocycles. The summed E-state index contributed by atoms with van der Waals surface area (Å²) in [4.78, 5) is 35.8. The van der Waals surface area contributed by atoms with E-state index in [9.17, 15) is 24.8 Å². The summed E-state index contributed by atoms with van der Waals surface area (Å²) in [5.41, 5.74) is 3.11. The third kappa shape index (κ3) is 4.63. The van der Waals surface area contributed by atoms with Gasteiger partial charge in [0.1, 0.15) is 0 Å². The molecule has 0 aromatic heterocycles. The van der Waals surface area contributed by atoms with Gasteiger partial charge in [0, 0.05) is 6.07 Å². The molecule has 0 atom stereocenters. The van der Waals surface area contributed by atoms with E-state index < -0.39 is 28.2 Å². The SMILES string of the molecule is COc1cc(/C=C2/SC(=S)N(NC(=O)c3ccc(C)cc3Cl)C2=O)cc([N+](=O)[O-])c1O. The summed E-state index contributed by atoms with van der Waals surface area (Å²) in [6, 6.07) is 7.28. The normalized spacial score (nSPS) is 14.8. The second kappa shape index (κ2) is 8.92. The number of nitro groups is 1. The van der Waals surface area contributed by atoms with E-state index >= 15 is 0 Å². The highest BCUT2D eigenvalue weighted by atomic mass is 35.5. The predicted octanol–water partition coefficient (Wildman–Crippen LogP) is 3.82. The standard InChI is InChI=1S/C19H14ClN3O6S2/c1-9-3-4-11(12(20)5-9)17(25)21-22-18(26)15(31-19(22)30)8-10-6-13(23(27)28)16(24)14(7-10)29-2/h3-8,24H,1-2H3,(H,21,25)/b15-8+. The number of carbonyl (C=O) groups excluding carboxylic acids is 2. The van der Waals surface area contributed by atoms with E-state index in [4.69, 9.17) is 28.6 Å². The summed E-state index contributed by atoms with van der Waals surface area (Å²) in [6.07, 6.45) is 1.35. The highest BCUT2D eigenvalue weighted by Crippen LogP contribution is 2.39. The maximum Gasteiger partial charge on any atom is 0.315 e. The van der Waals surface area contributed by atoms with Crippen LogP contribution in [0.15, 0.2) is 35.2 Å². The van der Waals surface area contributed by atoms with Crippen molar-refractivity contribution in [3.63, 3.8) is 0 Å². The summed E-state index contributed by atoms with van der Waals surface area (Å²) in [7, 11) is 1.24. The minimum Gasteiger partial charge on any atom is -0.500 e. The first-order chi connectivity index (χ1) is 14.6. The van der Waals surface area contributed by atoms with Crippen molar-refractivity contribution in [1.82, 2.24) is 10.4 Å². The third-order valence-corrected chi connectivity index (χ3v) is 5.78. The summed E-state index contributed by atoms with van der Waals surface area (Å²) < 4.78 is 5.01. The lowest BCUT2D eigenvalue weighted by Gasteiger charge is -2.16. The number of hydrogen-bond donors (Lipinski definition) is 2. The van der Waals surface area contributed by atoms with Crippen molar-refractivity contribution in [3.05, 3.63) is 67.1 Å². The number of halogens is 1. The summed E-state index contributed by atoms with van der Waals surface area (Å²) in [6.45, 7) is 1.82. The lowest BCUT2D eigenvalue weighted by molar-refractivity contribution is -0.386. The molecule has 0 unspecified atom stereocenters. The van der Waals surface area contributed by atoms with Crippen LogP contribution in [0.3, 0.4) is 0 Å².